The van der Waals surface area contributed by atoms with Gasteiger partial charge in [0.25, 0.3) is 5.91 Å². The highest BCUT2D eigenvalue weighted by atomic mass is 79.9. The molecule has 5 nitrogen and oxygen atoms in total. The zero-order valence-corrected chi connectivity index (χ0v) is 12.7. The van der Waals surface area contributed by atoms with Crippen LogP contribution in [0.1, 0.15) is 21.7 Å². The number of hydrogen-bond donors (Lipinski definition) is 2. The smallest absolute Gasteiger partial charge is 0.268 e. The van der Waals surface area contributed by atoms with Crippen molar-refractivity contribution >= 4 is 21.8 Å². The molecule has 0 radical (unpaired) electrons. The van der Waals surface area contributed by atoms with Gasteiger partial charge in [-0.05, 0) is 24.7 Å². The van der Waals surface area contributed by atoms with Gasteiger partial charge in [0, 0.05) is 11.0 Å². The zero-order chi connectivity index (χ0) is 14.5. The molecule has 0 saturated carbocycles. The molecule has 1 aromatic carbocycles. The Bertz CT molecular complexity index is 598. The first kappa shape index (κ1) is 14.8. The maximum atomic E-state index is 11.3. The summed E-state index contributed by atoms with van der Waals surface area (Å²) in [5.41, 5.74) is 3.70. The van der Waals surface area contributed by atoms with Gasteiger partial charge in [0.15, 0.2) is 0 Å². The van der Waals surface area contributed by atoms with Crippen molar-refractivity contribution in [2.45, 2.75) is 13.1 Å². The van der Waals surface area contributed by atoms with E-state index in [0.717, 1.165) is 16.8 Å². The number of nitrogen functional groups attached to an aromatic ring is 1. The Kier molecular flexibility index (Phi) is 4.94. The van der Waals surface area contributed by atoms with Crippen molar-refractivity contribution in [2.75, 3.05) is 7.05 Å². The molecule has 6 heteroatoms. The van der Waals surface area contributed by atoms with Gasteiger partial charge in [-0.1, -0.05) is 34.1 Å². The summed E-state index contributed by atoms with van der Waals surface area (Å²) in [5, 5.41) is 0. The molecule has 0 aliphatic rings. The molecule has 0 bridgehead atoms. The van der Waals surface area contributed by atoms with Crippen molar-refractivity contribution in [3.63, 3.8) is 0 Å². The Hall–Kier alpha value is -1.63. The van der Waals surface area contributed by atoms with Crippen LogP contribution in [0.25, 0.3) is 0 Å². The minimum absolute atomic E-state index is 0.353. The van der Waals surface area contributed by atoms with E-state index in [1.807, 2.05) is 25.2 Å². The lowest BCUT2D eigenvalue weighted by molar-refractivity contribution is 0.0953. The second-order valence-corrected chi connectivity index (χ2v) is 5.39. The fraction of sp³-hybridized carbons (Fsp3) is 0.214. The van der Waals surface area contributed by atoms with Crippen LogP contribution in [0, 0.1) is 0 Å². The van der Waals surface area contributed by atoms with Crippen LogP contribution in [0.5, 0.6) is 0 Å². The molecule has 0 unspecified atom stereocenters. The van der Waals surface area contributed by atoms with Crippen LogP contribution in [0.3, 0.4) is 0 Å². The molecular weight excluding hydrogens is 322 g/mol. The van der Waals surface area contributed by atoms with Crippen molar-refractivity contribution < 1.29 is 9.21 Å². The van der Waals surface area contributed by atoms with E-state index in [4.69, 9.17) is 10.3 Å². The predicted octanol–water partition coefficient (Wildman–Crippen LogP) is 2.28. The van der Waals surface area contributed by atoms with Crippen LogP contribution in [-0.2, 0) is 13.1 Å². The maximum Gasteiger partial charge on any atom is 0.268 e. The third-order valence-electron chi connectivity index (χ3n) is 2.87. The molecule has 1 heterocycles. The largest absolute Gasteiger partial charge is 0.467 e. The predicted molar refractivity (Wildman–Crippen MR) is 79.7 cm³/mol. The lowest BCUT2D eigenvalue weighted by atomic mass is 10.2. The highest BCUT2D eigenvalue weighted by Crippen LogP contribution is 2.18. The van der Waals surface area contributed by atoms with Gasteiger partial charge in [-0.25, -0.2) is 5.84 Å². The van der Waals surface area contributed by atoms with Gasteiger partial charge in [0.1, 0.15) is 12.0 Å². The van der Waals surface area contributed by atoms with Crippen molar-refractivity contribution in [1.82, 2.24) is 10.3 Å². The summed E-state index contributed by atoms with van der Waals surface area (Å²) in [5.74, 6) is 5.44. The van der Waals surface area contributed by atoms with Crippen molar-refractivity contribution in [2.24, 2.45) is 5.84 Å². The average Bonchev–Trinajstić information content (AvgIpc) is 2.89. The summed E-state index contributed by atoms with van der Waals surface area (Å²) < 4.78 is 6.43. The molecule has 0 aliphatic heterocycles. The van der Waals surface area contributed by atoms with E-state index >= 15 is 0 Å². The number of nitrogens with one attached hydrogen (secondary N) is 1. The molecular formula is C14H16BrN3O2. The number of nitrogens with zero attached hydrogens (tertiary/aromatic N) is 1. The number of hydrogen-bond acceptors (Lipinski definition) is 4. The summed E-state index contributed by atoms with van der Waals surface area (Å²) in [7, 11) is 1.99. The topological polar surface area (TPSA) is 71.5 Å². The fourth-order valence-electron chi connectivity index (χ4n) is 1.91. The van der Waals surface area contributed by atoms with E-state index in [1.165, 1.54) is 11.8 Å². The Morgan fingerprint density at radius 3 is 2.85 bits per heavy atom. The van der Waals surface area contributed by atoms with Gasteiger partial charge in [-0.3, -0.25) is 15.1 Å². The van der Waals surface area contributed by atoms with Crippen molar-refractivity contribution in [3.05, 3.63) is 58.0 Å². The van der Waals surface area contributed by atoms with Gasteiger partial charge >= 0.3 is 0 Å². The van der Waals surface area contributed by atoms with Gasteiger partial charge in [0.05, 0.1) is 12.1 Å². The Morgan fingerprint density at radius 1 is 1.40 bits per heavy atom. The van der Waals surface area contributed by atoms with Crippen LogP contribution in [0.4, 0.5) is 0 Å². The SMILES string of the molecule is CN(Cc1cc(C(=O)NN)co1)Cc1ccccc1Br. The molecule has 1 aromatic heterocycles. The van der Waals surface area contributed by atoms with Crippen LogP contribution in [-0.4, -0.2) is 17.9 Å². The van der Waals surface area contributed by atoms with Gasteiger partial charge in [-0.2, -0.15) is 0 Å². The minimum Gasteiger partial charge on any atom is -0.467 e. The Morgan fingerprint density at radius 2 is 2.15 bits per heavy atom. The highest BCUT2D eigenvalue weighted by molar-refractivity contribution is 9.10. The van der Waals surface area contributed by atoms with E-state index in [2.05, 4.69) is 32.3 Å². The molecule has 0 saturated heterocycles. The summed E-state index contributed by atoms with van der Waals surface area (Å²) in [6.07, 6.45) is 1.41. The third kappa shape index (κ3) is 3.69. The molecule has 20 heavy (non-hydrogen) atoms. The van der Waals surface area contributed by atoms with Crippen molar-refractivity contribution in [3.8, 4) is 0 Å². The summed E-state index contributed by atoms with van der Waals surface area (Å²) in [4.78, 5) is 13.4. The molecule has 106 valence electrons. The van der Waals surface area contributed by atoms with E-state index in [9.17, 15) is 4.79 Å². The number of benzene rings is 1. The molecule has 0 spiro atoms. The molecule has 2 aromatic rings. The number of carbonyl (C=O) groups is 1. The molecule has 2 rings (SSSR count). The van der Waals surface area contributed by atoms with Crippen LogP contribution >= 0.6 is 15.9 Å². The summed E-state index contributed by atoms with van der Waals surface area (Å²) in [6, 6.07) is 9.76. The minimum atomic E-state index is -0.353. The monoisotopic (exact) mass is 337 g/mol. The van der Waals surface area contributed by atoms with E-state index in [-0.39, 0.29) is 5.91 Å². The van der Waals surface area contributed by atoms with Crippen molar-refractivity contribution in [1.29, 1.82) is 0 Å². The molecule has 0 fully saturated rings. The Balaban J connectivity index is 1.98. The quantitative estimate of drug-likeness (QED) is 0.498. The average molecular weight is 338 g/mol. The number of nitrogens with two attached hydrogens (primary N) is 1. The maximum absolute atomic E-state index is 11.3. The molecule has 0 aliphatic carbocycles. The molecule has 1 amide bonds. The number of halogens is 1. The van der Waals surface area contributed by atoms with Crippen LogP contribution in [0.2, 0.25) is 0 Å². The van der Waals surface area contributed by atoms with Gasteiger partial charge < -0.3 is 4.42 Å². The normalized spacial score (nSPS) is 10.8. The number of carbonyl (C=O) groups excluding carboxylic acids is 1. The number of hydrazine groups is 1. The molecule has 3 N–H and O–H groups in total. The number of amides is 1. The first-order valence-electron chi connectivity index (χ1n) is 6.10. The first-order valence-corrected chi connectivity index (χ1v) is 6.89. The number of furan rings is 1. The number of rotatable bonds is 5. The Labute approximate surface area is 125 Å². The second kappa shape index (κ2) is 6.69. The molecule has 0 atom stereocenters. The van der Waals surface area contributed by atoms with Gasteiger partial charge in [-0.15, -0.1) is 0 Å². The summed E-state index contributed by atoms with van der Waals surface area (Å²) >= 11 is 3.53. The first-order chi connectivity index (χ1) is 9.60. The van der Waals surface area contributed by atoms with E-state index < -0.39 is 0 Å². The lowest BCUT2D eigenvalue weighted by Gasteiger charge is -2.16. The van der Waals surface area contributed by atoms with E-state index in [1.54, 1.807) is 6.07 Å². The lowest BCUT2D eigenvalue weighted by Crippen LogP contribution is -2.29. The standard InChI is InChI=1S/C14H16BrN3O2/c1-18(7-10-4-2-3-5-13(10)15)8-12-6-11(9-20-12)14(19)17-16/h2-6,9H,7-8,16H2,1H3,(H,17,19). The van der Waals surface area contributed by atoms with Gasteiger partial charge in [0.2, 0.25) is 0 Å². The van der Waals surface area contributed by atoms with Crippen LogP contribution in [0.15, 0.2) is 45.5 Å². The van der Waals surface area contributed by atoms with E-state index in [0.29, 0.717) is 12.1 Å². The zero-order valence-electron chi connectivity index (χ0n) is 11.1. The van der Waals surface area contributed by atoms with Crippen LogP contribution < -0.4 is 11.3 Å². The summed E-state index contributed by atoms with van der Waals surface area (Å²) in [6.45, 7) is 1.39. The third-order valence-corrected chi connectivity index (χ3v) is 3.64. The highest BCUT2D eigenvalue weighted by Gasteiger charge is 2.11. The fourth-order valence-corrected chi connectivity index (χ4v) is 2.32. The second-order valence-electron chi connectivity index (χ2n) is 4.54.